The quantitative estimate of drug-likeness (QED) is 0.934. The second kappa shape index (κ2) is 5.65. The Balaban J connectivity index is 1.59. The average molecular weight is 321 g/mol. The Morgan fingerprint density at radius 2 is 2.09 bits per heavy atom. The van der Waals surface area contributed by atoms with E-state index in [-0.39, 0.29) is 11.8 Å². The molecule has 1 aromatic heterocycles. The van der Waals surface area contributed by atoms with E-state index in [2.05, 4.69) is 15.5 Å². The Morgan fingerprint density at radius 1 is 1.26 bits per heavy atom. The first kappa shape index (κ1) is 14.7. The highest BCUT2D eigenvalue weighted by Gasteiger charge is 2.50. The first-order valence-corrected chi connectivity index (χ1v) is 7.72. The molecule has 4 rings (SSSR count). The van der Waals surface area contributed by atoms with Gasteiger partial charge in [-0.1, -0.05) is 5.16 Å². The minimum atomic E-state index is -0.608. The van der Waals surface area contributed by atoms with Crippen molar-refractivity contribution < 1.29 is 18.0 Å². The summed E-state index contributed by atoms with van der Waals surface area (Å²) in [4.78, 5) is 4.48. The van der Waals surface area contributed by atoms with Gasteiger partial charge in [0.15, 0.2) is 5.82 Å². The number of rotatable bonds is 3. The van der Waals surface area contributed by atoms with Crippen LogP contribution in [0.3, 0.4) is 0 Å². The molecule has 1 aromatic carbocycles. The summed E-state index contributed by atoms with van der Waals surface area (Å²) in [6, 6.07) is 3.40. The van der Waals surface area contributed by atoms with E-state index in [1.54, 1.807) is 0 Å². The zero-order valence-electron chi connectivity index (χ0n) is 12.5. The van der Waals surface area contributed by atoms with Crippen LogP contribution in [0.4, 0.5) is 8.78 Å². The van der Waals surface area contributed by atoms with E-state index in [0.717, 1.165) is 32.2 Å². The van der Waals surface area contributed by atoms with Crippen LogP contribution < -0.4 is 5.32 Å². The lowest BCUT2D eigenvalue weighted by Crippen LogP contribution is -2.44. The standard InChI is InChI=1S/C16H17F2N3O2/c17-12-3-10(4-13(18)6-12)5-14-20-15(23-21-14)16-8-19-7-11(16)1-2-22-9-16/h3-4,6,11,19H,1-2,5,7-9H2/t11-,16+/m1/s1. The van der Waals surface area contributed by atoms with Crippen LogP contribution in [0.2, 0.25) is 0 Å². The number of hydrogen-bond donors (Lipinski definition) is 1. The molecular formula is C16H17F2N3O2. The third kappa shape index (κ3) is 2.64. The molecule has 2 fully saturated rings. The molecule has 0 unspecified atom stereocenters. The molecule has 0 amide bonds. The van der Waals surface area contributed by atoms with E-state index < -0.39 is 11.6 Å². The van der Waals surface area contributed by atoms with Crippen LogP contribution in [0.15, 0.2) is 22.7 Å². The summed E-state index contributed by atoms with van der Waals surface area (Å²) in [5, 5.41) is 7.36. The molecule has 2 aromatic rings. The summed E-state index contributed by atoms with van der Waals surface area (Å²) in [6.45, 7) is 2.96. The lowest BCUT2D eigenvalue weighted by atomic mass is 9.75. The van der Waals surface area contributed by atoms with E-state index in [4.69, 9.17) is 9.26 Å². The lowest BCUT2D eigenvalue weighted by molar-refractivity contribution is 0.00198. The van der Waals surface area contributed by atoms with E-state index in [9.17, 15) is 8.78 Å². The fourth-order valence-electron chi connectivity index (χ4n) is 3.57. The number of benzene rings is 1. The van der Waals surface area contributed by atoms with Crippen molar-refractivity contribution in [2.24, 2.45) is 5.92 Å². The number of nitrogens with one attached hydrogen (secondary N) is 1. The Hall–Kier alpha value is -1.86. The van der Waals surface area contributed by atoms with Crippen molar-refractivity contribution in [3.8, 4) is 0 Å². The van der Waals surface area contributed by atoms with Gasteiger partial charge in [-0.3, -0.25) is 0 Å². The second-order valence-corrected chi connectivity index (χ2v) is 6.30. The topological polar surface area (TPSA) is 60.2 Å². The molecule has 2 atom stereocenters. The van der Waals surface area contributed by atoms with Crippen LogP contribution in [-0.4, -0.2) is 36.4 Å². The minimum absolute atomic E-state index is 0.229. The van der Waals surface area contributed by atoms with Gasteiger partial charge in [-0.15, -0.1) is 0 Å². The van der Waals surface area contributed by atoms with Crippen molar-refractivity contribution in [1.29, 1.82) is 0 Å². The van der Waals surface area contributed by atoms with Gasteiger partial charge in [0.05, 0.1) is 12.0 Å². The summed E-state index contributed by atoms with van der Waals surface area (Å²) in [5.41, 5.74) is 0.199. The first-order chi connectivity index (χ1) is 11.2. The third-order valence-electron chi connectivity index (χ3n) is 4.76. The zero-order chi connectivity index (χ0) is 15.9. The molecule has 3 heterocycles. The maximum Gasteiger partial charge on any atom is 0.236 e. The molecule has 2 saturated heterocycles. The SMILES string of the molecule is Fc1cc(F)cc(Cc2noc([C@]34CNC[C@H]3CCOC4)n2)c1. The van der Waals surface area contributed by atoms with Crippen LogP contribution >= 0.6 is 0 Å². The number of aromatic nitrogens is 2. The van der Waals surface area contributed by atoms with Crippen molar-refractivity contribution in [3.05, 3.63) is 47.1 Å². The summed E-state index contributed by atoms with van der Waals surface area (Å²) < 4.78 is 37.7. The Bertz CT molecular complexity index is 701. The van der Waals surface area contributed by atoms with Crippen LogP contribution in [0.25, 0.3) is 0 Å². The molecule has 0 bridgehead atoms. The number of nitrogens with zero attached hydrogens (tertiary/aromatic N) is 2. The predicted octanol–water partition coefficient (Wildman–Crippen LogP) is 1.82. The van der Waals surface area contributed by atoms with Gasteiger partial charge in [0.2, 0.25) is 5.89 Å². The summed E-state index contributed by atoms with van der Waals surface area (Å²) in [6.07, 6.45) is 1.19. The van der Waals surface area contributed by atoms with Crippen LogP contribution in [0, 0.1) is 17.6 Å². The number of halogens is 2. The van der Waals surface area contributed by atoms with Crippen molar-refractivity contribution in [2.45, 2.75) is 18.3 Å². The summed E-state index contributed by atoms with van der Waals surface area (Å²) in [5.74, 6) is 0.178. The fourth-order valence-corrected chi connectivity index (χ4v) is 3.57. The molecule has 5 nitrogen and oxygen atoms in total. The predicted molar refractivity (Wildman–Crippen MR) is 76.9 cm³/mol. The fraction of sp³-hybridized carbons (Fsp3) is 0.500. The number of hydrogen-bond acceptors (Lipinski definition) is 5. The molecule has 2 aliphatic rings. The number of ether oxygens (including phenoxy) is 1. The van der Waals surface area contributed by atoms with Crippen LogP contribution in [-0.2, 0) is 16.6 Å². The van der Waals surface area contributed by atoms with Gasteiger partial charge in [-0.05, 0) is 36.6 Å². The van der Waals surface area contributed by atoms with Crippen molar-refractivity contribution in [1.82, 2.24) is 15.5 Å². The molecule has 0 spiro atoms. The van der Waals surface area contributed by atoms with Crippen LogP contribution in [0.5, 0.6) is 0 Å². The molecule has 0 saturated carbocycles. The largest absolute Gasteiger partial charge is 0.380 e. The minimum Gasteiger partial charge on any atom is -0.380 e. The number of fused-ring (bicyclic) bond motifs is 1. The molecule has 1 N–H and O–H groups in total. The Kier molecular flexibility index (Phi) is 3.61. The van der Waals surface area contributed by atoms with Gasteiger partial charge < -0.3 is 14.6 Å². The maximum atomic E-state index is 13.3. The van der Waals surface area contributed by atoms with E-state index in [1.807, 2.05) is 0 Å². The molecule has 23 heavy (non-hydrogen) atoms. The van der Waals surface area contributed by atoms with E-state index >= 15 is 0 Å². The highest BCUT2D eigenvalue weighted by molar-refractivity contribution is 5.22. The highest BCUT2D eigenvalue weighted by atomic mass is 19.1. The van der Waals surface area contributed by atoms with E-state index in [1.165, 1.54) is 12.1 Å². The molecule has 0 radical (unpaired) electrons. The smallest absolute Gasteiger partial charge is 0.236 e. The summed E-state index contributed by atoms with van der Waals surface area (Å²) in [7, 11) is 0. The average Bonchev–Trinajstić information content (AvgIpc) is 3.13. The third-order valence-corrected chi connectivity index (χ3v) is 4.76. The van der Waals surface area contributed by atoms with Crippen molar-refractivity contribution >= 4 is 0 Å². The summed E-state index contributed by atoms with van der Waals surface area (Å²) >= 11 is 0. The van der Waals surface area contributed by atoms with Gasteiger partial charge in [0.1, 0.15) is 11.6 Å². The van der Waals surface area contributed by atoms with Gasteiger partial charge in [-0.25, -0.2) is 8.78 Å². The molecule has 2 aliphatic heterocycles. The molecule has 7 heteroatoms. The van der Waals surface area contributed by atoms with Gasteiger partial charge in [0, 0.05) is 25.6 Å². The first-order valence-electron chi connectivity index (χ1n) is 7.72. The van der Waals surface area contributed by atoms with Gasteiger partial charge in [0.25, 0.3) is 0 Å². The van der Waals surface area contributed by atoms with Gasteiger partial charge >= 0.3 is 0 Å². The molecular weight excluding hydrogens is 304 g/mol. The lowest BCUT2D eigenvalue weighted by Gasteiger charge is -2.34. The van der Waals surface area contributed by atoms with Crippen molar-refractivity contribution in [3.63, 3.8) is 0 Å². The molecule has 0 aliphatic carbocycles. The van der Waals surface area contributed by atoms with E-state index in [0.29, 0.717) is 29.8 Å². The van der Waals surface area contributed by atoms with Gasteiger partial charge in [-0.2, -0.15) is 4.98 Å². The Morgan fingerprint density at radius 3 is 2.91 bits per heavy atom. The highest BCUT2D eigenvalue weighted by Crippen LogP contribution is 2.39. The zero-order valence-corrected chi connectivity index (χ0v) is 12.5. The Labute approximate surface area is 132 Å². The molecule has 122 valence electrons. The van der Waals surface area contributed by atoms with Crippen LogP contribution in [0.1, 0.15) is 23.7 Å². The monoisotopic (exact) mass is 321 g/mol. The normalized spacial score (nSPS) is 27.1. The van der Waals surface area contributed by atoms with Crippen molar-refractivity contribution in [2.75, 3.05) is 26.3 Å². The second-order valence-electron chi connectivity index (χ2n) is 6.30. The maximum absolute atomic E-state index is 13.3.